The van der Waals surface area contributed by atoms with Crippen LogP contribution < -0.4 is 10.1 Å². The van der Waals surface area contributed by atoms with Gasteiger partial charge in [-0.25, -0.2) is 0 Å². The molecule has 2 aromatic rings. The van der Waals surface area contributed by atoms with Gasteiger partial charge in [-0.2, -0.15) is 0 Å². The Morgan fingerprint density at radius 3 is 2.57 bits per heavy atom. The number of hydrogen-bond donors (Lipinski definition) is 1. The Bertz CT molecular complexity index is 601. The Hall–Kier alpha value is -0.840. The summed E-state index contributed by atoms with van der Waals surface area (Å²) in [5, 5.41) is 3.50. The molecule has 0 aliphatic rings. The molecule has 0 heterocycles. The zero-order valence-corrected chi connectivity index (χ0v) is 15.4. The normalized spacial score (nSPS) is 12.2. The van der Waals surface area contributed by atoms with Crippen molar-refractivity contribution in [2.75, 3.05) is 6.54 Å². The van der Waals surface area contributed by atoms with E-state index in [9.17, 15) is 0 Å². The molecule has 0 saturated heterocycles. The SMILES string of the molecule is CCCNC(C)c1cc(Br)ccc1Oc1cccc(Br)c1. The Morgan fingerprint density at radius 2 is 1.86 bits per heavy atom. The zero-order valence-electron chi connectivity index (χ0n) is 12.2. The lowest BCUT2D eigenvalue weighted by atomic mass is 10.1. The number of halogens is 2. The average Bonchev–Trinajstić information content (AvgIpc) is 2.46. The van der Waals surface area contributed by atoms with Gasteiger partial charge in [0.25, 0.3) is 0 Å². The van der Waals surface area contributed by atoms with Crippen LogP contribution in [0.3, 0.4) is 0 Å². The summed E-state index contributed by atoms with van der Waals surface area (Å²) < 4.78 is 8.13. The molecule has 112 valence electrons. The lowest BCUT2D eigenvalue weighted by molar-refractivity contribution is 0.460. The number of rotatable bonds is 6. The molecular formula is C17H19Br2NO. The first-order valence-corrected chi connectivity index (χ1v) is 8.65. The summed E-state index contributed by atoms with van der Waals surface area (Å²) in [7, 11) is 0. The van der Waals surface area contributed by atoms with Crippen molar-refractivity contribution < 1.29 is 4.74 Å². The molecule has 2 aromatic carbocycles. The van der Waals surface area contributed by atoms with Crippen molar-refractivity contribution in [3.63, 3.8) is 0 Å². The van der Waals surface area contributed by atoms with Crippen LogP contribution in [-0.4, -0.2) is 6.54 Å². The van der Waals surface area contributed by atoms with Gasteiger partial charge < -0.3 is 10.1 Å². The Balaban J connectivity index is 2.26. The molecule has 0 aliphatic heterocycles. The fourth-order valence-electron chi connectivity index (χ4n) is 2.08. The van der Waals surface area contributed by atoms with Gasteiger partial charge in [0.15, 0.2) is 0 Å². The minimum absolute atomic E-state index is 0.240. The van der Waals surface area contributed by atoms with Crippen molar-refractivity contribution in [2.24, 2.45) is 0 Å². The molecule has 0 bridgehead atoms. The van der Waals surface area contributed by atoms with Crippen molar-refractivity contribution in [3.8, 4) is 11.5 Å². The Labute approximate surface area is 143 Å². The minimum Gasteiger partial charge on any atom is -0.457 e. The van der Waals surface area contributed by atoms with E-state index in [1.165, 1.54) is 0 Å². The largest absolute Gasteiger partial charge is 0.457 e. The molecule has 2 rings (SSSR count). The van der Waals surface area contributed by atoms with Crippen LogP contribution in [0, 0.1) is 0 Å². The summed E-state index contributed by atoms with van der Waals surface area (Å²) in [6.07, 6.45) is 1.11. The minimum atomic E-state index is 0.240. The van der Waals surface area contributed by atoms with Crippen LogP contribution in [0.15, 0.2) is 51.4 Å². The average molecular weight is 413 g/mol. The summed E-state index contributed by atoms with van der Waals surface area (Å²) in [5.74, 6) is 1.71. The highest BCUT2D eigenvalue weighted by Crippen LogP contribution is 2.32. The van der Waals surface area contributed by atoms with Crippen LogP contribution in [0.1, 0.15) is 31.9 Å². The molecule has 21 heavy (non-hydrogen) atoms. The maximum atomic E-state index is 6.06. The maximum absolute atomic E-state index is 6.06. The first-order chi connectivity index (χ1) is 10.1. The molecule has 0 spiro atoms. The molecule has 1 N–H and O–H groups in total. The summed E-state index contributed by atoms with van der Waals surface area (Å²) in [4.78, 5) is 0. The predicted octanol–water partition coefficient (Wildman–Crippen LogP) is 6.06. The lowest BCUT2D eigenvalue weighted by Gasteiger charge is -2.18. The predicted molar refractivity (Wildman–Crippen MR) is 95.1 cm³/mol. The van der Waals surface area contributed by atoms with Gasteiger partial charge in [0.1, 0.15) is 11.5 Å². The third kappa shape index (κ3) is 4.83. The second kappa shape index (κ2) is 7.97. The van der Waals surface area contributed by atoms with E-state index in [4.69, 9.17) is 4.74 Å². The van der Waals surface area contributed by atoms with E-state index < -0.39 is 0 Å². The molecule has 0 saturated carbocycles. The zero-order chi connectivity index (χ0) is 15.2. The molecule has 0 aliphatic carbocycles. The molecule has 1 unspecified atom stereocenters. The van der Waals surface area contributed by atoms with Crippen molar-refractivity contribution >= 4 is 31.9 Å². The highest BCUT2D eigenvalue weighted by Gasteiger charge is 2.12. The van der Waals surface area contributed by atoms with Gasteiger partial charge in [-0.1, -0.05) is 44.8 Å². The van der Waals surface area contributed by atoms with Gasteiger partial charge in [-0.05, 0) is 56.3 Å². The second-order valence-electron chi connectivity index (χ2n) is 4.92. The van der Waals surface area contributed by atoms with Crippen LogP contribution in [0.25, 0.3) is 0 Å². The standard InChI is InChI=1S/C17H19Br2NO/c1-3-9-20-12(2)16-11-14(19)7-8-17(16)21-15-6-4-5-13(18)10-15/h4-8,10-12,20H,3,9H2,1-2H3. The first kappa shape index (κ1) is 16.5. The van der Waals surface area contributed by atoms with Crippen molar-refractivity contribution in [1.29, 1.82) is 0 Å². The molecule has 1 atom stereocenters. The van der Waals surface area contributed by atoms with Crippen LogP contribution >= 0.6 is 31.9 Å². The van der Waals surface area contributed by atoms with Crippen molar-refractivity contribution in [3.05, 3.63) is 57.0 Å². The van der Waals surface area contributed by atoms with Gasteiger partial charge in [0.05, 0.1) is 0 Å². The molecule has 0 aromatic heterocycles. The van der Waals surface area contributed by atoms with E-state index in [0.717, 1.165) is 39.0 Å². The van der Waals surface area contributed by atoms with E-state index in [1.54, 1.807) is 0 Å². The van der Waals surface area contributed by atoms with Crippen molar-refractivity contribution in [1.82, 2.24) is 5.32 Å². The molecule has 4 heteroatoms. The van der Waals surface area contributed by atoms with Crippen molar-refractivity contribution in [2.45, 2.75) is 26.3 Å². The molecule has 2 nitrogen and oxygen atoms in total. The number of ether oxygens (including phenoxy) is 1. The van der Waals surface area contributed by atoms with Gasteiger partial charge in [-0.15, -0.1) is 0 Å². The van der Waals surface area contributed by atoms with E-state index in [0.29, 0.717) is 0 Å². The summed E-state index contributed by atoms with van der Waals surface area (Å²) in [5.41, 5.74) is 1.15. The molecule has 0 radical (unpaired) electrons. The summed E-state index contributed by atoms with van der Waals surface area (Å²) >= 11 is 7.01. The molecule has 0 fully saturated rings. The van der Waals surface area contributed by atoms with E-state index in [-0.39, 0.29) is 6.04 Å². The quantitative estimate of drug-likeness (QED) is 0.622. The van der Waals surface area contributed by atoms with E-state index in [1.807, 2.05) is 36.4 Å². The number of nitrogens with one attached hydrogen (secondary N) is 1. The molecular weight excluding hydrogens is 394 g/mol. The third-order valence-corrected chi connectivity index (χ3v) is 4.15. The van der Waals surface area contributed by atoms with Gasteiger partial charge >= 0.3 is 0 Å². The highest BCUT2D eigenvalue weighted by molar-refractivity contribution is 9.10. The maximum Gasteiger partial charge on any atom is 0.132 e. The van der Waals surface area contributed by atoms with E-state index in [2.05, 4.69) is 57.1 Å². The Morgan fingerprint density at radius 1 is 1.10 bits per heavy atom. The van der Waals surface area contributed by atoms with Gasteiger partial charge in [0, 0.05) is 20.6 Å². The van der Waals surface area contributed by atoms with Crippen LogP contribution in [0.5, 0.6) is 11.5 Å². The molecule has 0 amide bonds. The fraction of sp³-hybridized carbons (Fsp3) is 0.294. The van der Waals surface area contributed by atoms with Crippen LogP contribution in [0.2, 0.25) is 0 Å². The van der Waals surface area contributed by atoms with Gasteiger partial charge in [-0.3, -0.25) is 0 Å². The summed E-state index contributed by atoms with van der Waals surface area (Å²) in [6.45, 7) is 5.31. The topological polar surface area (TPSA) is 21.3 Å². The van der Waals surface area contributed by atoms with E-state index >= 15 is 0 Å². The smallest absolute Gasteiger partial charge is 0.132 e. The van der Waals surface area contributed by atoms with Gasteiger partial charge in [0.2, 0.25) is 0 Å². The monoisotopic (exact) mass is 411 g/mol. The fourth-order valence-corrected chi connectivity index (χ4v) is 2.84. The Kier molecular flexibility index (Phi) is 6.27. The first-order valence-electron chi connectivity index (χ1n) is 7.06. The third-order valence-electron chi connectivity index (χ3n) is 3.16. The highest BCUT2D eigenvalue weighted by atomic mass is 79.9. The van der Waals surface area contributed by atoms with Crippen LogP contribution in [-0.2, 0) is 0 Å². The number of benzene rings is 2. The lowest BCUT2D eigenvalue weighted by Crippen LogP contribution is -2.19. The summed E-state index contributed by atoms with van der Waals surface area (Å²) in [6, 6.07) is 14.2. The van der Waals surface area contributed by atoms with Crippen LogP contribution in [0.4, 0.5) is 0 Å². The number of hydrogen-bond acceptors (Lipinski definition) is 2. The second-order valence-corrected chi connectivity index (χ2v) is 6.75.